The standard InChI is InChI=1S/C25H32ClN5O.C7H14.C6H12/c1-4-6-8-18(9-7-5-2)17(3)29-16-24(31-28)25(32)30-22-12-20(13-22)23-14-21(26)11-10-19(23)15-27;1-3-7(4-2)5-6-7;1-4-5-6(2)3/h6,8-11,14,16-17,20,22H,4-5,7,12-13,28H2,1-3H3,(H,30,32);3-6H2,1-2H3;2,4-5H2,1,3H3/b8-6-,18-9+,29-16?,31-24+;;. The van der Waals surface area contributed by atoms with Gasteiger partial charge in [-0.3, -0.25) is 9.79 Å². The predicted molar refractivity (Wildman–Crippen MR) is 194 cm³/mol. The van der Waals surface area contributed by atoms with Crippen molar-refractivity contribution in [2.75, 3.05) is 0 Å². The molecule has 1 atom stereocenters. The van der Waals surface area contributed by atoms with Gasteiger partial charge in [-0.1, -0.05) is 95.7 Å². The zero-order chi connectivity index (χ0) is 33.8. The molecule has 0 heterocycles. The van der Waals surface area contributed by atoms with Gasteiger partial charge < -0.3 is 11.2 Å². The summed E-state index contributed by atoms with van der Waals surface area (Å²) in [6.07, 6.45) is 20.5. The van der Waals surface area contributed by atoms with Gasteiger partial charge in [0, 0.05) is 11.1 Å². The van der Waals surface area contributed by atoms with E-state index in [-0.39, 0.29) is 29.6 Å². The van der Waals surface area contributed by atoms with Gasteiger partial charge in [0.1, 0.15) is 0 Å². The van der Waals surface area contributed by atoms with Crippen molar-refractivity contribution in [3.8, 4) is 6.07 Å². The molecule has 2 aliphatic carbocycles. The van der Waals surface area contributed by atoms with Crippen molar-refractivity contribution in [2.24, 2.45) is 21.4 Å². The Bertz CT molecular complexity index is 1220. The van der Waals surface area contributed by atoms with Gasteiger partial charge in [-0.2, -0.15) is 10.4 Å². The molecule has 0 bridgehead atoms. The largest absolute Gasteiger partial charge is 0.348 e. The van der Waals surface area contributed by atoms with Gasteiger partial charge in [0.25, 0.3) is 5.91 Å². The van der Waals surface area contributed by atoms with Crippen LogP contribution < -0.4 is 11.2 Å². The Morgan fingerprint density at radius 2 is 1.87 bits per heavy atom. The summed E-state index contributed by atoms with van der Waals surface area (Å²) in [7, 11) is 0. The van der Waals surface area contributed by atoms with E-state index in [1.54, 1.807) is 12.1 Å². The quantitative estimate of drug-likeness (QED) is 0.0698. The molecule has 2 fully saturated rings. The number of nitrogens with zero attached hydrogens (tertiary/aromatic N) is 3. The highest BCUT2D eigenvalue weighted by atomic mass is 35.5. The van der Waals surface area contributed by atoms with E-state index in [4.69, 9.17) is 17.4 Å². The van der Waals surface area contributed by atoms with Crippen molar-refractivity contribution in [1.29, 1.82) is 5.26 Å². The molecule has 1 amide bonds. The molecule has 7 heteroatoms. The van der Waals surface area contributed by atoms with Crippen LogP contribution in [0, 0.1) is 16.7 Å². The maximum absolute atomic E-state index is 12.6. The van der Waals surface area contributed by atoms with Gasteiger partial charge in [-0.05, 0) is 99.5 Å². The van der Waals surface area contributed by atoms with Crippen LogP contribution in [0.15, 0.2) is 64.2 Å². The number of unbranched alkanes of at least 4 members (excludes halogenated alkanes) is 1. The van der Waals surface area contributed by atoms with Gasteiger partial charge in [-0.15, -0.1) is 6.58 Å². The Morgan fingerprint density at radius 3 is 2.31 bits per heavy atom. The van der Waals surface area contributed by atoms with Crippen molar-refractivity contribution in [3.05, 3.63) is 70.3 Å². The third kappa shape index (κ3) is 14.6. The Morgan fingerprint density at radius 1 is 1.20 bits per heavy atom. The van der Waals surface area contributed by atoms with Crippen LogP contribution in [0.2, 0.25) is 5.02 Å². The summed E-state index contributed by atoms with van der Waals surface area (Å²) in [5.41, 5.74) is 4.88. The van der Waals surface area contributed by atoms with Crippen LogP contribution in [0.25, 0.3) is 0 Å². The van der Waals surface area contributed by atoms with E-state index < -0.39 is 0 Å². The van der Waals surface area contributed by atoms with E-state index in [9.17, 15) is 10.1 Å². The first-order valence-electron chi connectivity index (χ1n) is 16.9. The Labute approximate surface area is 279 Å². The van der Waals surface area contributed by atoms with Crippen molar-refractivity contribution >= 4 is 29.4 Å². The van der Waals surface area contributed by atoms with Gasteiger partial charge in [0.15, 0.2) is 5.71 Å². The average molecular weight is 636 g/mol. The topological polar surface area (TPSA) is 104 Å². The molecule has 0 aromatic heterocycles. The lowest BCUT2D eigenvalue weighted by Gasteiger charge is -2.36. The number of hydrogen-bond acceptors (Lipinski definition) is 5. The van der Waals surface area contributed by atoms with Crippen molar-refractivity contribution in [1.82, 2.24) is 5.32 Å². The third-order valence-corrected chi connectivity index (χ3v) is 8.91. The summed E-state index contributed by atoms with van der Waals surface area (Å²) in [6, 6.07) is 7.38. The first-order chi connectivity index (χ1) is 21.5. The molecule has 45 heavy (non-hydrogen) atoms. The van der Waals surface area contributed by atoms with Crippen molar-refractivity contribution in [3.63, 3.8) is 0 Å². The average Bonchev–Trinajstić information content (AvgIpc) is 3.80. The van der Waals surface area contributed by atoms with Crippen molar-refractivity contribution in [2.45, 2.75) is 137 Å². The van der Waals surface area contributed by atoms with E-state index in [1.165, 1.54) is 50.3 Å². The molecule has 3 rings (SSSR count). The lowest BCUT2D eigenvalue weighted by molar-refractivity contribution is -0.115. The molecule has 1 aromatic carbocycles. The van der Waals surface area contributed by atoms with E-state index in [0.29, 0.717) is 10.6 Å². The van der Waals surface area contributed by atoms with Gasteiger partial charge in [0.2, 0.25) is 0 Å². The Kier molecular flexibility index (Phi) is 19.1. The SMILES string of the molecule is C=C(C)CCC.CC/C=C\C(=C/CCC)C(C)N=C/C(=N\N)C(=O)NC1CC(c2cc(Cl)ccc2C#N)C1.CCC1(CC)CC1. The molecule has 0 radical (unpaired) electrons. The summed E-state index contributed by atoms with van der Waals surface area (Å²) in [4.78, 5) is 17.1. The monoisotopic (exact) mass is 635 g/mol. The van der Waals surface area contributed by atoms with E-state index in [2.05, 4.69) is 87.8 Å². The van der Waals surface area contributed by atoms with Crippen LogP contribution in [0.1, 0.15) is 136 Å². The maximum Gasteiger partial charge on any atom is 0.273 e. The number of rotatable bonds is 14. The maximum atomic E-state index is 12.6. The molecule has 6 nitrogen and oxygen atoms in total. The number of amides is 1. The minimum absolute atomic E-state index is 0.00639. The van der Waals surface area contributed by atoms with Crippen molar-refractivity contribution < 1.29 is 4.79 Å². The lowest BCUT2D eigenvalue weighted by atomic mass is 9.74. The molecule has 1 unspecified atom stereocenters. The number of benzene rings is 1. The number of nitriles is 1. The molecule has 3 N–H and O–H groups in total. The number of allylic oxidation sites excluding steroid dienone is 3. The van der Waals surface area contributed by atoms with Crippen LogP contribution >= 0.6 is 11.6 Å². The molecule has 1 aromatic rings. The number of hydrogen-bond donors (Lipinski definition) is 2. The summed E-state index contributed by atoms with van der Waals surface area (Å²) >= 11 is 6.09. The van der Waals surface area contributed by atoms with Crippen LogP contribution in [0.5, 0.6) is 0 Å². The fourth-order valence-corrected chi connectivity index (χ4v) is 5.33. The van der Waals surface area contributed by atoms with Gasteiger partial charge >= 0.3 is 0 Å². The highest BCUT2D eigenvalue weighted by molar-refractivity contribution is 6.60. The number of hydrazone groups is 1. The molecule has 0 spiro atoms. The molecule has 0 aliphatic heterocycles. The minimum atomic E-state index is -0.346. The van der Waals surface area contributed by atoms with Gasteiger partial charge in [0.05, 0.1) is 23.9 Å². The number of nitrogens with one attached hydrogen (secondary N) is 1. The fraction of sp³-hybridized carbons (Fsp3) is 0.579. The first-order valence-corrected chi connectivity index (χ1v) is 17.2. The summed E-state index contributed by atoms with van der Waals surface area (Å²) < 4.78 is 0. The summed E-state index contributed by atoms with van der Waals surface area (Å²) in [5, 5.41) is 16.5. The van der Waals surface area contributed by atoms with Crippen LogP contribution in [0.3, 0.4) is 0 Å². The number of aliphatic imine (C=N–C) groups is 1. The Balaban J connectivity index is 0.000000641. The third-order valence-electron chi connectivity index (χ3n) is 8.67. The summed E-state index contributed by atoms with van der Waals surface area (Å²) in [5.74, 6) is 5.31. The van der Waals surface area contributed by atoms with Crippen LogP contribution in [0.4, 0.5) is 0 Å². The molecular formula is C38H58ClN5O. The second kappa shape index (κ2) is 21.5. The zero-order valence-electron chi connectivity index (χ0n) is 29.0. The molecule has 248 valence electrons. The molecule has 0 saturated heterocycles. The smallest absolute Gasteiger partial charge is 0.273 e. The Hall–Kier alpha value is -3.17. The zero-order valence-corrected chi connectivity index (χ0v) is 29.7. The first kappa shape index (κ1) is 39.9. The number of halogens is 1. The van der Waals surface area contributed by atoms with E-state index in [1.807, 2.05) is 13.0 Å². The van der Waals surface area contributed by atoms with Gasteiger partial charge in [-0.25, -0.2) is 0 Å². The predicted octanol–water partition coefficient (Wildman–Crippen LogP) is 9.99. The fourth-order valence-electron chi connectivity index (χ4n) is 5.14. The molecular weight excluding hydrogens is 578 g/mol. The second-order valence-corrected chi connectivity index (χ2v) is 12.8. The molecule has 2 aliphatic rings. The molecule has 2 saturated carbocycles. The minimum Gasteiger partial charge on any atom is -0.348 e. The summed E-state index contributed by atoms with van der Waals surface area (Å²) in [6.45, 7) is 18.8. The second-order valence-electron chi connectivity index (χ2n) is 12.4. The highest BCUT2D eigenvalue weighted by Gasteiger charge is 2.38. The number of nitrogens with two attached hydrogens (primary N) is 1. The lowest BCUT2D eigenvalue weighted by Crippen LogP contribution is -2.46. The van der Waals surface area contributed by atoms with Crippen LogP contribution in [-0.4, -0.2) is 29.9 Å². The number of carbonyl (C=O) groups excluding carboxylic acids is 1. The number of carbonyl (C=O) groups is 1. The van der Waals surface area contributed by atoms with E-state index in [0.717, 1.165) is 48.7 Å². The normalized spacial score (nSPS) is 19.4. The van der Waals surface area contributed by atoms with E-state index >= 15 is 0 Å². The highest BCUT2D eigenvalue weighted by Crippen LogP contribution is 2.51. The van der Waals surface area contributed by atoms with Crippen LogP contribution in [-0.2, 0) is 4.79 Å².